The summed E-state index contributed by atoms with van der Waals surface area (Å²) in [5.41, 5.74) is 3.90. The number of nitrogens with zero attached hydrogens (tertiary/aromatic N) is 1. The van der Waals surface area contributed by atoms with Crippen LogP contribution in [0, 0.1) is 5.82 Å². The molecule has 29 heavy (non-hydrogen) atoms. The molecule has 4 rings (SSSR count). The molecule has 1 amide bonds. The van der Waals surface area contributed by atoms with Gasteiger partial charge in [-0.15, -0.1) is 0 Å². The first-order chi connectivity index (χ1) is 14.2. The number of aromatic amines is 1. The molecule has 0 unspecified atom stereocenters. The van der Waals surface area contributed by atoms with Crippen LogP contribution < -0.4 is 10.6 Å². The van der Waals surface area contributed by atoms with Crippen molar-refractivity contribution in [3.8, 4) is 0 Å². The molecule has 0 aliphatic rings. The number of rotatable bonds is 7. The summed E-state index contributed by atoms with van der Waals surface area (Å²) in [6.07, 6.45) is 4.62. The molecule has 2 aromatic carbocycles. The molecule has 146 valence electrons. The second-order valence-corrected chi connectivity index (χ2v) is 6.82. The Morgan fingerprint density at radius 2 is 1.86 bits per heavy atom. The molecule has 2 aromatic heterocycles. The average Bonchev–Trinajstić information content (AvgIpc) is 3.14. The summed E-state index contributed by atoms with van der Waals surface area (Å²) in [6, 6.07) is 18.0. The molecule has 2 heterocycles. The minimum absolute atomic E-state index is 0.112. The van der Waals surface area contributed by atoms with Gasteiger partial charge in [0.2, 0.25) is 5.91 Å². The number of halogens is 1. The number of fused-ring (bicyclic) bond motifs is 1. The maximum absolute atomic E-state index is 12.9. The minimum atomic E-state index is -0.228. The highest BCUT2D eigenvalue weighted by atomic mass is 19.1. The molecule has 6 heteroatoms. The third-order valence-electron chi connectivity index (χ3n) is 4.71. The van der Waals surface area contributed by atoms with Gasteiger partial charge < -0.3 is 15.6 Å². The Kier molecular flexibility index (Phi) is 5.52. The number of benzene rings is 2. The van der Waals surface area contributed by atoms with E-state index in [1.807, 2.05) is 36.5 Å². The molecular formula is C23H21FN4O. The molecule has 0 bridgehead atoms. The first-order valence-electron chi connectivity index (χ1n) is 9.46. The second kappa shape index (κ2) is 8.56. The van der Waals surface area contributed by atoms with Crippen LogP contribution in [0.15, 0.2) is 73.1 Å². The fourth-order valence-electron chi connectivity index (χ4n) is 3.21. The standard InChI is InChI=1S/C23H21FN4O/c24-18-7-5-16(6-8-18)11-12-25-19-9-10-22(27-15-19)28-23(29)13-17-14-26-21-4-2-1-3-20(17)21/h1-10,14-15,25-26H,11-13H2,(H,27,28,29). The molecule has 0 spiro atoms. The SMILES string of the molecule is O=C(Cc1c[nH]c2ccccc12)Nc1ccc(NCCc2ccc(F)cc2)cn1. The number of hydrogen-bond acceptors (Lipinski definition) is 3. The minimum Gasteiger partial charge on any atom is -0.383 e. The van der Waals surface area contributed by atoms with Gasteiger partial charge in [-0.25, -0.2) is 9.37 Å². The molecule has 0 atom stereocenters. The Balaban J connectivity index is 1.28. The van der Waals surface area contributed by atoms with Crippen molar-refractivity contribution in [1.82, 2.24) is 9.97 Å². The summed E-state index contributed by atoms with van der Waals surface area (Å²) < 4.78 is 12.9. The van der Waals surface area contributed by atoms with Crippen molar-refractivity contribution in [2.45, 2.75) is 12.8 Å². The number of amides is 1. The van der Waals surface area contributed by atoms with Gasteiger partial charge in [-0.1, -0.05) is 30.3 Å². The molecule has 0 saturated heterocycles. The molecule has 0 fully saturated rings. The third-order valence-corrected chi connectivity index (χ3v) is 4.71. The molecule has 0 aliphatic heterocycles. The normalized spacial score (nSPS) is 10.8. The average molecular weight is 388 g/mol. The summed E-state index contributed by atoms with van der Waals surface area (Å²) in [5, 5.41) is 7.16. The number of carbonyl (C=O) groups is 1. The Bertz CT molecular complexity index is 1100. The lowest BCUT2D eigenvalue weighted by Gasteiger charge is -2.08. The van der Waals surface area contributed by atoms with Gasteiger partial charge in [0, 0.05) is 23.6 Å². The van der Waals surface area contributed by atoms with Crippen LogP contribution in [0.4, 0.5) is 15.9 Å². The molecule has 4 aromatic rings. The maximum Gasteiger partial charge on any atom is 0.230 e. The third kappa shape index (κ3) is 4.79. The highest BCUT2D eigenvalue weighted by Crippen LogP contribution is 2.18. The Labute approximate surface area is 168 Å². The Morgan fingerprint density at radius 1 is 1.03 bits per heavy atom. The van der Waals surface area contributed by atoms with Crippen LogP contribution in [0.2, 0.25) is 0 Å². The second-order valence-electron chi connectivity index (χ2n) is 6.82. The first kappa shape index (κ1) is 18.7. The number of hydrogen-bond donors (Lipinski definition) is 3. The summed E-state index contributed by atoms with van der Waals surface area (Å²) in [6.45, 7) is 0.708. The van der Waals surface area contributed by atoms with Crippen molar-refractivity contribution in [2.75, 3.05) is 17.2 Å². The van der Waals surface area contributed by atoms with E-state index in [2.05, 4.69) is 20.6 Å². The number of H-pyrrole nitrogens is 1. The highest BCUT2D eigenvalue weighted by molar-refractivity contribution is 5.95. The van der Waals surface area contributed by atoms with Gasteiger partial charge in [0.15, 0.2) is 0 Å². The zero-order valence-electron chi connectivity index (χ0n) is 15.8. The smallest absolute Gasteiger partial charge is 0.230 e. The number of nitrogens with one attached hydrogen (secondary N) is 3. The first-order valence-corrected chi connectivity index (χ1v) is 9.46. The van der Waals surface area contributed by atoms with E-state index in [1.165, 1.54) is 12.1 Å². The van der Waals surface area contributed by atoms with Crippen molar-refractivity contribution in [2.24, 2.45) is 0 Å². The fourth-order valence-corrected chi connectivity index (χ4v) is 3.21. The van der Waals surface area contributed by atoms with E-state index in [9.17, 15) is 9.18 Å². The lowest BCUT2D eigenvalue weighted by Crippen LogP contribution is -2.15. The van der Waals surface area contributed by atoms with Gasteiger partial charge >= 0.3 is 0 Å². The predicted molar refractivity (Wildman–Crippen MR) is 113 cm³/mol. The van der Waals surface area contributed by atoms with Crippen molar-refractivity contribution < 1.29 is 9.18 Å². The van der Waals surface area contributed by atoms with Crippen LogP contribution in [0.1, 0.15) is 11.1 Å². The largest absolute Gasteiger partial charge is 0.383 e. The number of anilines is 2. The van der Waals surface area contributed by atoms with Crippen LogP contribution in [-0.4, -0.2) is 22.4 Å². The molecule has 0 radical (unpaired) electrons. The Morgan fingerprint density at radius 3 is 2.66 bits per heavy atom. The van der Waals surface area contributed by atoms with E-state index in [-0.39, 0.29) is 18.1 Å². The lowest BCUT2D eigenvalue weighted by atomic mass is 10.1. The van der Waals surface area contributed by atoms with E-state index in [0.717, 1.165) is 34.1 Å². The topological polar surface area (TPSA) is 69.8 Å². The number of aromatic nitrogens is 2. The summed E-state index contributed by atoms with van der Waals surface area (Å²) in [5.74, 6) is 0.173. The number of para-hydroxylation sites is 1. The van der Waals surface area contributed by atoms with Crippen LogP contribution in [0.3, 0.4) is 0 Å². The van der Waals surface area contributed by atoms with Gasteiger partial charge in [-0.3, -0.25) is 4.79 Å². The number of carbonyl (C=O) groups excluding carboxylic acids is 1. The quantitative estimate of drug-likeness (QED) is 0.435. The molecule has 0 saturated carbocycles. The van der Waals surface area contributed by atoms with Crippen LogP contribution >= 0.6 is 0 Å². The summed E-state index contributed by atoms with van der Waals surface area (Å²) in [7, 11) is 0. The van der Waals surface area contributed by atoms with Gasteiger partial charge in [-0.2, -0.15) is 0 Å². The number of pyridine rings is 1. The van der Waals surface area contributed by atoms with Gasteiger partial charge in [0.05, 0.1) is 18.3 Å². The Hall–Kier alpha value is -3.67. The fraction of sp³-hybridized carbons (Fsp3) is 0.130. The van der Waals surface area contributed by atoms with E-state index >= 15 is 0 Å². The van der Waals surface area contributed by atoms with E-state index < -0.39 is 0 Å². The van der Waals surface area contributed by atoms with Crippen LogP contribution in [-0.2, 0) is 17.6 Å². The van der Waals surface area contributed by atoms with Crippen LogP contribution in [0.5, 0.6) is 0 Å². The molecule has 3 N–H and O–H groups in total. The monoisotopic (exact) mass is 388 g/mol. The zero-order valence-corrected chi connectivity index (χ0v) is 15.8. The molecule has 5 nitrogen and oxygen atoms in total. The van der Waals surface area contributed by atoms with Gasteiger partial charge in [-0.05, 0) is 47.9 Å². The predicted octanol–water partition coefficient (Wildman–Crippen LogP) is 4.54. The lowest BCUT2D eigenvalue weighted by molar-refractivity contribution is -0.115. The van der Waals surface area contributed by atoms with Crippen LogP contribution in [0.25, 0.3) is 10.9 Å². The van der Waals surface area contributed by atoms with Crippen molar-refractivity contribution in [3.05, 3.63) is 90.0 Å². The zero-order chi connectivity index (χ0) is 20.1. The molecule has 0 aliphatic carbocycles. The van der Waals surface area contributed by atoms with Crippen molar-refractivity contribution >= 4 is 28.3 Å². The maximum atomic E-state index is 12.9. The van der Waals surface area contributed by atoms with E-state index in [4.69, 9.17) is 0 Å². The van der Waals surface area contributed by atoms with Crippen molar-refractivity contribution in [1.29, 1.82) is 0 Å². The summed E-state index contributed by atoms with van der Waals surface area (Å²) in [4.78, 5) is 19.8. The highest BCUT2D eigenvalue weighted by Gasteiger charge is 2.09. The van der Waals surface area contributed by atoms with Crippen molar-refractivity contribution in [3.63, 3.8) is 0 Å². The summed E-state index contributed by atoms with van der Waals surface area (Å²) >= 11 is 0. The van der Waals surface area contributed by atoms with Gasteiger partial charge in [0.25, 0.3) is 0 Å². The van der Waals surface area contributed by atoms with E-state index in [1.54, 1.807) is 24.4 Å². The van der Waals surface area contributed by atoms with E-state index in [0.29, 0.717) is 12.4 Å². The molecular weight excluding hydrogens is 367 g/mol. The van der Waals surface area contributed by atoms with Gasteiger partial charge in [0.1, 0.15) is 11.6 Å².